The summed E-state index contributed by atoms with van der Waals surface area (Å²) in [6.45, 7) is 6.46. The number of hydrogen-bond donors (Lipinski definition) is 2. The summed E-state index contributed by atoms with van der Waals surface area (Å²) in [6.07, 6.45) is 2.99. The van der Waals surface area contributed by atoms with Crippen molar-refractivity contribution in [3.8, 4) is 0 Å². The smallest absolute Gasteiger partial charge is 0.0741 e. The van der Waals surface area contributed by atoms with Gasteiger partial charge in [0.15, 0.2) is 0 Å². The molecule has 3 heteroatoms. The quantitative estimate of drug-likeness (QED) is 0.718. The Bertz CT molecular complexity index is 370. The van der Waals surface area contributed by atoms with Crippen LogP contribution in [0, 0.1) is 13.8 Å². The number of thioether (sulfide) groups is 1. The highest BCUT2D eigenvalue weighted by molar-refractivity contribution is 7.98. The maximum Gasteiger partial charge on any atom is 0.0741 e. The second kappa shape index (κ2) is 7.93. The molecule has 0 aliphatic carbocycles. The van der Waals surface area contributed by atoms with E-state index in [1.54, 1.807) is 0 Å². The van der Waals surface area contributed by atoms with Crippen LogP contribution in [0.3, 0.4) is 0 Å². The topological polar surface area (TPSA) is 46.2 Å². The summed E-state index contributed by atoms with van der Waals surface area (Å²) in [6, 6.07) is 6.74. The third kappa shape index (κ3) is 7.00. The summed E-state index contributed by atoms with van der Waals surface area (Å²) in [4.78, 5) is 0. The monoisotopic (exact) mass is 281 g/mol. The van der Waals surface area contributed by atoms with E-state index >= 15 is 0 Å². The van der Waals surface area contributed by atoms with Crippen LogP contribution in [-0.4, -0.2) is 23.0 Å². The van der Waals surface area contributed by atoms with Gasteiger partial charge in [-0.3, -0.25) is 0 Å². The van der Waals surface area contributed by atoms with Gasteiger partial charge in [-0.05, 0) is 51.3 Å². The molecule has 0 spiro atoms. The first-order chi connectivity index (χ1) is 8.93. The van der Waals surface area contributed by atoms with E-state index in [4.69, 9.17) is 5.73 Å². The second-order valence-electron chi connectivity index (χ2n) is 5.71. The van der Waals surface area contributed by atoms with Crippen LogP contribution in [0.5, 0.6) is 0 Å². The molecule has 1 rings (SSSR count). The van der Waals surface area contributed by atoms with Crippen molar-refractivity contribution >= 4 is 11.8 Å². The molecule has 0 saturated heterocycles. The zero-order valence-electron chi connectivity index (χ0n) is 12.4. The molecule has 0 saturated carbocycles. The van der Waals surface area contributed by atoms with Crippen LogP contribution in [-0.2, 0) is 5.75 Å². The fourth-order valence-corrected chi connectivity index (χ4v) is 3.11. The molecule has 1 aromatic carbocycles. The number of unbranched alkanes of at least 4 members (excludes halogenated alkanes) is 1. The first kappa shape index (κ1) is 16.5. The molecule has 0 heterocycles. The van der Waals surface area contributed by atoms with Gasteiger partial charge in [0.05, 0.1) is 5.60 Å². The Hall–Kier alpha value is -0.510. The van der Waals surface area contributed by atoms with E-state index in [2.05, 4.69) is 32.0 Å². The van der Waals surface area contributed by atoms with Gasteiger partial charge < -0.3 is 10.8 Å². The molecule has 0 radical (unpaired) electrons. The highest BCUT2D eigenvalue weighted by Gasteiger charge is 2.16. The lowest BCUT2D eigenvalue weighted by Gasteiger charge is -2.20. The van der Waals surface area contributed by atoms with Crippen molar-refractivity contribution in [2.24, 2.45) is 5.73 Å². The first-order valence-corrected chi connectivity index (χ1v) is 8.16. The van der Waals surface area contributed by atoms with Gasteiger partial charge in [-0.2, -0.15) is 11.8 Å². The Morgan fingerprint density at radius 1 is 1.16 bits per heavy atom. The molecule has 0 aliphatic rings. The molecule has 0 aromatic heterocycles. The minimum absolute atomic E-state index is 0.350. The predicted octanol–water partition coefficient (Wildman–Crippen LogP) is 3.42. The second-order valence-corrected chi connectivity index (χ2v) is 6.81. The molecule has 0 amide bonds. The van der Waals surface area contributed by atoms with Crippen LogP contribution in [0.2, 0.25) is 0 Å². The minimum atomic E-state index is -0.682. The van der Waals surface area contributed by atoms with Crippen molar-refractivity contribution in [2.75, 3.05) is 12.3 Å². The first-order valence-electron chi connectivity index (χ1n) is 7.00. The van der Waals surface area contributed by atoms with Gasteiger partial charge in [-0.15, -0.1) is 0 Å². The Morgan fingerprint density at radius 2 is 1.79 bits per heavy atom. The molecular formula is C16H27NOS. The lowest BCUT2D eigenvalue weighted by Crippen LogP contribution is -2.33. The molecule has 1 aromatic rings. The van der Waals surface area contributed by atoms with Gasteiger partial charge >= 0.3 is 0 Å². The van der Waals surface area contributed by atoms with Crippen molar-refractivity contribution < 1.29 is 5.11 Å². The summed E-state index contributed by atoms with van der Waals surface area (Å²) in [5.41, 5.74) is 8.91. The Balaban J connectivity index is 2.17. The van der Waals surface area contributed by atoms with Crippen LogP contribution in [0.4, 0.5) is 0 Å². The van der Waals surface area contributed by atoms with Crippen LogP contribution < -0.4 is 5.73 Å². The van der Waals surface area contributed by atoms with E-state index in [1.165, 1.54) is 16.7 Å². The molecule has 0 aliphatic heterocycles. The summed E-state index contributed by atoms with van der Waals surface area (Å²) in [5, 5.41) is 9.79. The van der Waals surface area contributed by atoms with Crippen molar-refractivity contribution in [1.29, 1.82) is 0 Å². The van der Waals surface area contributed by atoms with Gasteiger partial charge in [-0.1, -0.05) is 29.3 Å². The lowest BCUT2D eigenvalue weighted by molar-refractivity contribution is 0.0577. The van der Waals surface area contributed by atoms with Gasteiger partial charge in [0, 0.05) is 12.3 Å². The fourth-order valence-electron chi connectivity index (χ4n) is 2.15. The Morgan fingerprint density at radius 3 is 2.37 bits per heavy atom. The maximum absolute atomic E-state index is 9.79. The third-order valence-corrected chi connectivity index (χ3v) is 4.36. The number of aryl methyl sites for hydroxylation is 2. The largest absolute Gasteiger partial charge is 0.389 e. The van der Waals surface area contributed by atoms with Crippen LogP contribution >= 0.6 is 11.8 Å². The molecular weight excluding hydrogens is 254 g/mol. The number of aliphatic hydroxyl groups is 1. The van der Waals surface area contributed by atoms with Gasteiger partial charge in [0.2, 0.25) is 0 Å². The lowest BCUT2D eigenvalue weighted by atomic mass is 10.00. The van der Waals surface area contributed by atoms with E-state index in [9.17, 15) is 5.11 Å². The van der Waals surface area contributed by atoms with E-state index in [0.29, 0.717) is 6.54 Å². The van der Waals surface area contributed by atoms with E-state index in [0.717, 1.165) is 30.8 Å². The normalized spacial score (nSPS) is 14.4. The van der Waals surface area contributed by atoms with Crippen molar-refractivity contribution in [1.82, 2.24) is 0 Å². The summed E-state index contributed by atoms with van der Waals surface area (Å²) < 4.78 is 0. The van der Waals surface area contributed by atoms with E-state index in [1.807, 2.05) is 18.7 Å². The van der Waals surface area contributed by atoms with Crippen molar-refractivity contribution in [3.63, 3.8) is 0 Å². The van der Waals surface area contributed by atoms with Crippen LogP contribution in [0.1, 0.15) is 42.9 Å². The van der Waals surface area contributed by atoms with Crippen molar-refractivity contribution in [3.05, 3.63) is 34.9 Å². The molecule has 3 N–H and O–H groups in total. The highest BCUT2D eigenvalue weighted by atomic mass is 32.2. The SMILES string of the molecule is Cc1cc(C)cc(CSCCCCC(C)(O)CN)c1. The van der Waals surface area contributed by atoms with Crippen molar-refractivity contribution in [2.45, 2.75) is 51.4 Å². The number of rotatable bonds is 8. The molecule has 0 bridgehead atoms. The number of hydrogen-bond acceptors (Lipinski definition) is 3. The Labute approximate surface area is 121 Å². The fraction of sp³-hybridized carbons (Fsp3) is 0.625. The predicted molar refractivity (Wildman–Crippen MR) is 85.6 cm³/mol. The summed E-state index contributed by atoms with van der Waals surface area (Å²) >= 11 is 1.97. The van der Waals surface area contributed by atoms with Gasteiger partial charge in [-0.25, -0.2) is 0 Å². The van der Waals surface area contributed by atoms with Crippen LogP contribution in [0.15, 0.2) is 18.2 Å². The molecule has 1 unspecified atom stereocenters. The molecule has 108 valence electrons. The zero-order valence-corrected chi connectivity index (χ0v) is 13.2. The average molecular weight is 281 g/mol. The summed E-state index contributed by atoms with van der Waals surface area (Å²) in [7, 11) is 0. The highest BCUT2D eigenvalue weighted by Crippen LogP contribution is 2.18. The molecule has 19 heavy (non-hydrogen) atoms. The molecule has 0 fully saturated rings. The minimum Gasteiger partial charge on any atom is -0.389 e. The van der Waals surface area contributed by atoms with Gasteiger partial charge in [0.25, 0.3) is 0 Å². The van der Waals surface area contributed by atoms with E-state index in [-0.39, 0.29) is 0 Å². The standard InChI is InChI=1S/C16H27NOS/c1-13-8-14(2)10-15(9-13)11-19-7-5-4-6-16(3,18)12-17/h8-10,18H,4-7,11-12,17H2,1-3H3. The number of benzene rings is 1. The molecule has 2 nitrogen and oxygen atoms in total. The molecule has 1 atom stereocenters. The third-order valence-electron chi connectivity index (χ3n) is 3.24. The van der Waals surface area contributed by atoms with Gasteiger partial charge in [0.1, 0.15) is 0 Å². The Kier molecular flexibility index (Phi) is 6.90. The average Bonchev–Trinajstić information content (AvgIpc) is 2.32. The number of nitrogens with two attached hydrogens (primary N) is 1. The van der Waals surface area contributed by atoms with E-state index < -0.39 is 5.60 Å². The van der Waals surface area contributed by atoms with Crippen LogP contribution in [0.25, 0.3) is 0 Å². The zero-order chi connectivity index (χ0) is 14.3. The maximum atomic E-state index is 9.79. The summed E-state index contributed by atoms with van der Waals surface area (Å²) in [5.74, 6) is 2.23.